The molecule has 2 aromatic carbocycles. The smallest absolute Gasteiger partial charge is 0.289 e. The van der Waals surface area contributed by atoms with Crippen molar-refractivity contribution in [2.75, 3.05) is 40.4 Å². The average Bonchev–Trinajstić information content (AvgIpc) is 3.18. The van der Waals surface area contributed by atoms with E-state index in [1.165, 1.54) is 0 Å². The maximum absolute atomic E-state index is 12.8. The number of hydrogen-bond donors (Lipinski definition) is 0. The molecule has 4 rings (SSSR count). The molecule has 6 heteroatoms. The SMILES string of the molecule is COc1ccc(OC)c(CN2CCN(C(=O)c3cc4ccccc4o3)CC2)c1. The van der Waals surface area contributed by atoms with E-state index < -0.39 is 0 Å². The quantitative estimate of drug-likeness (QED) is 0.679. The normalized spacial score (nSPS) is 15.0. The number of fused-ring (bicyclic) bond motifs is 1. The highest BCUT2D eigenvalue weighted by Crippen LogP contribution is 2.26. The summed E-state index contributed by atoms with van der Waals surface area (Å²) in [5.74, 6) is 2.02. The minimum Gasteiger partial charge on any atom is -0.497 e. The van der Waals surface area contributed by atoms with Gasteiger partial charge in [-0.2, -0.15) is 0 Å². The molecule has 2 heterocycles. The highest BCUT2D eigenvalue weighted by molar-refractivity contribution is 5.96. The number of hydrogen-bond acceptors (Lipinski definition) is 5. The number of nitrogens with zero attached hydrogens (tertiary/aromatic N) is 2. The van der Waals surface area contributed by atoms with Gasteiger partial charge in [0.25, 0.3) is 5.91 Å². The molecule has 0 unspecified atom stereocenters. The standard InChI is InChI=1S/C22H24N2O4/c1-26-18-7-8-19(27-2)17(13-18)15-23-9-11-24(12-10-23)22(25)21-14-16-5-3-4-6-20(16)28-21/h3-8,13-14H,9-12,15H2,1-2H3. The van der Waals surface area contributed by atoms with Gasteiger partial charge in [0, 0.05) is 43.7 Å². The Labute approximate surface area is 164 Å². The van der Waals surface area contributed by atoms with Crippen molar-refractivity contribution in [3.63, 3.8) is 0 Å². The second-order valence-corrected chi connectivity index (χ2v) is 6.89. The van der Waals surface area contributed by atoms with Crippen LogP contribution in [0, 0.1) is 0 Å². The summed E-state index contributed by atoms with van der Waals surface area (Å²) in [5.41, 5.74) is 1.83. The predicted octanol–water partition coefficient (Wildman–Crippen LogP) is 3.41. The fraction of sp³-hybridized carbons (Fsp3) is 0.318. The van der Waals surface area contributed by atoms with E-state index in [2.05, 4.69) is 4.90 Å². The van der Waals surface area contributed by atoms with E-state index in [0.29, 0.717) is 18.8 Å². The van der Waals surface area contributed by atoms with Gasteiger partial charge in [-0.3, -0.25) is 9.69 Å². The lowest BCUT2D eigenvalue weighted by molar-refractivity contribution is 0.0599. The molecule has 0 atom stereocenters. The van der Waals surface area contributed by atoms with Crippen molar-refractivity contribution in [2.24, 2.45) is 0 Å². The summed E-state index contributed by atoms with van der Waals surface area (Å²) in [4.78, 5) is 17.0. The average molecular weight is 380 g/mol. The van der Waals surface area contributed by atoms with Crippen LogP contribution in [0.4, 0.5) is 0 Å². The topological polar surface area (TPSA) is 55.2 Å². The third-order valence-electron chi connectivity index (χ3n) is 5.18. The van der Waals surface area contributed by atoms with Crippen LogP contribution in [0.3, 0.4) is 0 Å². The summed E-state index contributed by atoms with van der Waals surface area (Å²) >= 11 is 0. The van der Waals surface area contributed by atoms with Crippen molar-refractivity contribution in [3.8, 4) is 11.5 Å². The van der Waals surface area contributed by atoms with E-state index in [1.54, 1.807) is 14.2 Å². The summed E-state index contributed by atoms with van der Waals surface area (Å²) in [6.07, 6.45) is 0. The highest BCUT2D eigenvalue weighted by atomic mass is 16.5. The molecule has 6 nitrogen and oxygen atoms in total. The van der Waals surface area contributed by atoms with E-state index in [0.717, 1.165) is 47.7 Å². The summed E-state index contributed by atoms with van der Waals surface area (Å²) in [6, 6.07) is 15.3. The largest absolute Gasteiger partial charge is 0.497 e. The van der Waals surface area contributed by atoms with Gasteiger partial charge in [-0.25, -0.2) is 0 Å². The molecule has 0 spiro atoms. The zero-order chi connectivity index (χ0) is 19.5. The molecule has 0 saturated carbocycles. The Bertz CT molecular complexity index is 941. The van der Waals surface area contributed by atoms with Crippen molar-refractivity contribution in [1.82, 2.24) is 9.80 Å². The fourth-order valence-electron chi connectivity index (χ4n) is 3.60. The van der Waals surface area contributed by atoms with E-state index >= 15 is 0 Å². The second-order valence-electron chi connectivity index (χ2n) is 6.89. The molecule has 146 valence electrons. The Kier molecular flexibility index (Phi) is 5.21. The van der Waals surface area contributed by atoms with E-state index in [-0.39, 0.29) is 5.91 Å². The van der Waals surface area contributed by atoms with E-state index in [9.17, 15) is 4.79 Å². The van der Waals surface area contributed by atoms with Crippen LogP contribution in [0.2, 0.25) is 0 Å². The Morgan fingerprint density at radius 1 is 1.00 bits per heavy atom. The van der Waals surface area contributed by atoms with Gasteiger partial charge in [0.2, 0.25) is 0 Å². The Hall–Kier alpha value is -2.99. The molecule has 0 radical (unpaired) electrons. The Balaban J connectivity index is 1.40. The third-order valence-corrected chi connectivity index (χ3v) is 5.18. The summed E-state index contributed by atoms with van der Waals surface area (Å²) in [5, 5.41) is 0.953. The molecule has 3 aromatic rings. The van der Waals surface area contributed by atoms with Crippen molar-refractivity contribution < 1.29 is 18.7 Å². The van der Waals surface area contributed by atoms with Gasteiger partial charge in [0.1, 0.15) is 17.1 Å². The van der Waals surface area contributed by atoms with Crippen molar-refractivity contribution in [3.05, 3.63) is 59.9 Å². The first-order valence-electron chi connectivity index (χ1n) is 9.39. The number of rotatable bonds is 5. The number of methoxy groups -OCH3 is 2. The molecule has 0 N–H and O–H groups in total. The lowest BCUT2D eigenvalue weighted by Gasteiger charge is -2.34. The first-order chi connectivity index (χ1) is 13.7. The van der Waals surface area contributed by atoms with Gasteiger partial charge in [-0.15, -0.1) is 0 Å². The van der Waals surface area contributed by atoms with Gasteiger partial charge < -0.3 is 18.8 Å². The first-order valence-corrected chi connectivity index (χ1v) is 9.39. The van der Waals surface area contributed by atoms with Gasteiger partial charge in [-0.05, 0) is 30.3 Å². The zero-order valence-corrected chi connectivity index (χ0v) is 16.2. The Morgan fingerprint density at radius 2 is 1.79 bits per heavy atom. The molecule has 0 bridgehead atoms. The Morgan fingerprint density at radius 3 is 2.50 bits per heavy atom. The van der Waals surface area contributed by atoms with Gasteiger partial charge >= 0.3 is 0 Å². The lowest BCUT2D eigenvalue weighted by atomic mass is 10.1. The van der Waals surface area contributed by atoms with Crippen molar-refractivity contribution in [2.45, 2.75) is 6.54 Å². The van der Waals surface area contributed by atoms with Crippen molar-refractivity contribution in [1.29, 1.82) is 0 Å². The minimum absolute atomic E-state index is 0.0465. The van der Waals surface area contributed by atoms with Crippen LogP contribution in [0.15, 0.2) is 52.9 Å². The van der Waals surface area contributed by atoms with E-state index in [1.807, 2.05) is 53.4 Å². The summed E-state index contributed by atoms with van der Waals surface area (Å²) < 4.78 is 16.5. The number of amides is 1. The molecular weight excluding hydrogens is 356 g/mol. The molecule has 1 saturated heterocycles. The molecule has 1 aliphatic rings. The van der Waals surface area contributed by atoms with Crippen LogP contribution in [-0.2, 0) is 6.54 Å². The van der Waals surface area contributed by atoms with Crippen LogP contribution >= 0.6 is 0 Å². The summed E-state index contributed by atoms with van der Waals surface area (Å²) in [6.45, 7) is 3.69. The fourth-order valence-corrected chi connectivity index (χ4v) is 3.60. The molecular formula is C22H24N2O4. The number of carbonyl (C=O) groups is 1. The monoisotopic (exact) mass is 380 g/mol. The number of carbonyl (C=O) groups excluding carboxylic acids is 1. The van der Waals surface area contributed by atoms with Crippen molar-refractivity contribution >= 4 is 16.9 Å². The zero-order valence-electron chi connectivity index (χ0n) is 16.2. The minimum atomic E-state index is -0.0465. The second kappa shape index (κ2) is 7.94. The maximum atomic E-state index is 12.8. The number of furan rings is 1. The van der Waals surface area contributed by atoms with Gasteiger partial charge in [-0.1, -0.05) is 18.2 Å². The number of benzene rings is 2. The molecule has 1 aromatic heterocycles. The highest BCUT2D eigenvalue weighted by Gasteiger charge is 2.25. The van der Waals surface area contributed by atoms with Crippen LogP contribution in [0.1, 0.15) is 16.1 Å². The van der Waals surface area contributed by atoms with Gasteiger partial charge in [0.15, 0.2) is 5.76 Å². The number of para-hydroxylation sites is 1. The summed E-state index contributed by atoms with van der Waals surface area (Å²) in [7, 11) is 3.34. The van der Waals surface area contributed by atoms with E-state index in [4.69, 9.17) is 13.9 Å². The predicted molar refractivity (Wildman–Crippen MR) is 107 cm³/mol. The lowest BCUT2D eigenvalue weighted by Crippen LogP contribution is -2.48. The van der Waals surface area contributed by atoms with Crippen LogP contribution < -0.4 is 9.47 Å². The van der Waals surface area contributed by atoms with Crippen LogP contribution in [0.25, 0.3) is 11.0 Å². The molecule has 0 aliphatic carbocycles. The number of ether oxygens (including phenoxy) is 2. The number of piperazine rings is 1. The molecule has 1 fully saturated rings. The molecule has 28 heavy (non-hydrogen) atoms. The van der Waals surface area contributed by atoms with Crippen LogP contribution in [0.5, 0.6) is 11.5 Å². The first kappa shape index (κ1) is 18.4. The third kappa shape index (κ3) is 3.68. The van der Waals surface area contributed by atoms with Gasteiger partial charge in [0.05, 0.1) is 14.2 Å². The van der Waals surface area contributed by atoms with Crippen LogP contribution in [-0.4, -0.2) is 56.1 Å². The maximum Gasteiger partial charge on any atom is 0.289 e. The molecule has 1 amide bonds. The molecule has 1 aliphatic heterocycles.